The fraction of sp³-hybridized carbons (Fsp3) is 0.907. The van der Waals surface area contributed by atoms with Crippen molar-refractivity contribution in [3.8, 4) is 0 Å². The molecule has 9 heteroatoms. The van der Waals surface area contributed by atoms with Crippen molar-refractivity contribution in [1.29, 1.82) is 0 Å². The SMILES string of the molecule is CCCCCCCCC/C=C\CCCCCCCCCC(=O)OC(COCCCCCCCCCCCC/C=C\CCCCCCCCCC)COC1OC(CO)C(O)C(O)C1O. The van der Waals surface area contributed by atoms with E-state index in [4.69, 9.17) is 18.9 Å². The van der Waals surface area contributed by atoms with E-state index in [1.165, 1.54) is 199 Å². The molecule has 0 saturated carbocycles. The van der Waals surface area contributed by atoms with Gasteiger partial charge in [-0.2, -0.15) is 0 Å². The first-order valence-corrected chi connectivity index (χ1v) is 26.9. The summed E-state index contributed by atoms with van der Waals surface area (Å²) in [7, 11) is 0. The summed E-state index contributed by atoms with van der Waals surface area (Å²) < 4.78 is 22.9. The van der Waals surface area contributed by atoms with Crippen LogP contribution in [0.15, 0.2) is 24.3 Å². The van der Waals surface area contributed by atoms with Crippen LogP contribution in [-0.4, -0.2) is 89.6 Å². The lowest BCUT2D eigenvalue weighted by Crippen LogP contribution is -2.59. The largest absolute Gasteiger partial charge is 0.457 e. The number of aliphatic hydroxyl groups is 4. The molecule has 0 spiro atoms. The summed E-state index contributed by atoms with van der Waals surface area (Å²) in [5.74, 6) is -0.314. The number of ether oxygens (including phenoxy) is 4. The van der Waals surface area contributed by atoms with Gasteiger partial charge in [0.05, 0.1) is 19.8 Å². The van der Waals surface area contributed by atoms with Crippen LogP contribution in [0.4, 0.5) is 0 Å². The Morgan fingerprint density at radius 2 is 0.873 bits per heavy atom. The zero-order chi connectivity index (χ0) is 45.7. The molecule has 1 rings (SSSR count). The van der Waals surface area contributed by atoms with E-state index in [1.807, 2.05) is 0 Å². The molecular formula is C54H102O9. The summed E-state index contributed by atoms with van der Waals surface area (Å²) in [4.78, 5) is 12.8. The monoisotopic (exact) mass is 895 g/mol. The molecule has 0 aliphatic carbocycles. The van der Waals surface area contributed by atoms with Gasteiger partial charge in [0.15, 0.2) is 6.29 Å². The van der Waals surface area contributed by atoms with Crippen LogP contribution < -0.4 is 0 Å². The van der Waals surface area contributed by atoms with Crippen LogP contribution in [0.5, 0.6) is 0 Å². The molecule has 1 heterocycles. The van der Waals surface area contributed by atoms with Crippen LogP contribution in [-0.2, 0) is 23.7 Å². The third-order valence-corrected chi connectivity index (χ3v) is 12.6. The fourth-order valence-corrected chi connectivity index (χ4v) is 8.37. The number of hydrogen-bond donors (Lipinski definition) is 4. The minimum absolute atomic E-state index is 0.112. The molecule has 1 aliphatic heterocycles. The van der Waals surface area contributed by atoms with Gasteiger partial charge >= 0.3 is 5.97 Å². The smallest absolute Gasteiger partial charge is 0.306 e. The topological polar surface area (TPSA) is 135 Å². The zero-order valence-electron chi connectivity index (χ0n) is 41.1. The molecule has 63 heavy (non-hydrogen) atoms. The molecule has 1 saturated heterocycles. The highest BCUT2D eigenvalue weighted by atomic mass is 16.7. The maximum absolute atomic E-state index is 12.8. The predicted octanol–water partition coefficient (Wildman–Crippen LogP) is 13.3. The molecule has 1 fully saturated rings. The maximum atomic E-state index is 12.8. The van der Waals surface area contributed by atoms with Crippen LogP contribution >= 0.6 is 0 Å². The second-order valence-corrected chi connectivity index (χ2v) is 18.7. The van der Waals surface area contributed by atoms with Crippen molar-refractivity contribution in [1.82, 2.24) is 0 Å². The Morgan fingerprint density at radius 3 is 1.29 bits per heavy atom. The Labute approximate surface area is 387 Å². The molecular weight excluding hydrogens is 793 g/mol. The van der Waals surface area contributed by atoms with Gasteiger partial charge in [0.1, 0.15) is 30.5 Å². The fourth-order valence-electron chi connectivity index (χ4n) is 8.37. The van der Waals surface area contributed by atoms with Gasteiger partial charge in [0, 0.05) is 13.0 Å². The molecule has 0 amide bonds. The highest BCUT2D eigenvalue weighted by molar-refractivity contribution is 5.69. The predicted molar refractivity (Wildman–Crippen MR) is 261 cm³/mol. The molecule has 372 valence electrons. The number of hydrogen-bond acceptors (Lipinski definition) is 9. The minimum atomic E-state index is -1.54. The number of esters is 1. The molecule has 6 atom stereocenters. The summed E-state index contributed by atoms with van der Waals surface area (Å²) in [6.07, 6.45) is 47.9. The number of rotatable bonds is 47. The van der Waals surface area contributed by atoms with Crippen molar-refractivity contribution >= 4 is 5.97 Å². The Hall–Kier alpha value is -1.33. The highest BCUT2D eigenvalue weighted by Crippen LogP contribution is 2.23. The van der Waals surface area contributed by atoms with Gasteiger partial charge in [-0.3, -0.25) is 4.79 Å². The van der Waals surface area contributed by atoms with Gasteiger partial charge in [0.2, 0.25) is 0 Å². The first kappa shape index (κ1) is 59.7. The van der Waals surface area contributed by atoms with Crippen LogP contribution in [0.1, 0.15) is 251 Å². The first-order valence-electron chi connectivity index (χ1n) is 26.9. The average Bonchev–Trinajstić information content (AvgIpc) is 3.28. The molecule has 6 unspecified atom stereocenters. The summed E-state index contributed by atoms with van der Waals surface area (Å²) in [5.41, 5.74) is 0. The minimum Gasteiger partial charge on any atom is -0.457 e. The summed E-state index contributed by atoms with van der Waals surface area (Å²) >= 11 is 0. The standard InChI is InChI=1S/C54H102O9/c1-3-5-7-9-11-13-15-17-19-21-23-24-25-26-28-30-32-34-36-38-40-42-44-60-46-48(47-61-54-53(59)52(58)51(57)49(45-55)63-54)62-50(56)43-41-39-37-35-33-31-29-27-22-20-18-16-14-12-10-8-6-4-2/h20-23,48-49,51-55,57-59H,3-19,24-47H2,1-2H3/b22-20-,23-21-. The van der Waals surface area contributed by atoms with E-state index in [1.54, 1.807) is 0 Å². The third-order valence-electron chi connectivity index (χ3n) is 12.6. The molecule has 0 aromatic carbocycles. The van der Waals surface area contributed by atoms with Gasteiger partial charge in [0.25, 0.3) is 0 Å². The van der Waals surface area contributed by atoms with Gasteiger partial charge < -0.3 is 39.4 Å². The average molecular weight is 895 g/mol. The van der Waals surface area contributed by atoms with Crippen molar-refractivity contribution in [2.75, 3.05) is 26.4 Å². The van der Waals surface area contributed by atoms with Crippen molar-refractivity contribution in [2.45, 2.75) is 288 Å². The summed E-state index contributed by atoms with van der Waals surface area (Å²) in [6.45, 7) is 4.59. The molecule has 0 aromatic rings. The molecule has 0 radical (unpaired) electrons. The van der Waals surface area contributed by atoms with Crippen molar-refractivity contribution in [3.63, 3.8) is 0 Å². The summed E-state index contributed by atoms with van der Waals surface area (Å²) in [5, 5.41) is 40.3. The number of allylic oxidation sites excluding steroid dienone is 4. The van der Waals surface area contributed by atoms with Gasteiger partial charge in [-0.15, -0.1) is 0 Å². The number of carbonyl (C=O) groups excluding carboxylic acids is 1. The highest BCUT2D eigenvalue weighted by Gasteiger charge is 2.44. The third kappa shape index (κ3) is 36.5. The normalized spacial score (nSPS) is 19.7. The molecule has 4 N–H and O–H groups in total. The number of aliphatic hydroxyl groups excluding tert-OH is 4. The lowest BCUT2D eigenvalue weighted by atomic mass is 9.99. The van der Waals surface area contributed by atoms with Crippen LogP contribution in [0, 0.1) is 0 Å². The van der Waals surface area contributed by atoms with E-state index in [9.17, 15) is 25.2 Å². The lowest BCUT2D eigenvalue weighted by molar-refractivity contribution is -0.305. The van der Waals surface area contributed by atoms with E-state index in [2.05, 4.69) is 38.2 Å². The van der Waals surface area contributed by atoms with E-state index in [-0.39, 0.29) is 19.2 Å². The number of carbonyl (C=O) groups is 1. The van der Waals surface area contributed by atoms with E-state index >= 15 is 0 Å². The Bertz CT molecular complexity index is 1020. The quantitative estimate of drug-likeness (QED) is 0.0267. The first-order chi connectivity index (χ1) is 30.9. The van der Waals surface area contributed by atoms with Crippen LogP contribution in [0.2, 0.25) is 0 Å². The van der Waals surface area contributed by atoms with Crippen LogP contribution in [0.25, 0.3) is 0 Å². The molecule has 9 nitrogen and oxygen atoms in total. The van der Waals surface area contributed by atoms with E-state index in [0.717, 1.165) is 32.1 Å². The second kappa shape index (κ2) is 45.8. The Kier molecular flexibility index (Phi) is 43.4. The summed E-state index contributed by atoms with van der Waals surface area (Å²) in [6, 6.07) is 0. The van der Waals surface area contributed by atoms with Crippen molar-refractivity contribution < 1.29 is 44.2 Å². The van der Waals surface area contributed by atoms with Gasteiger partial charge in [-0.25, -0.2) is 0 Å². The zero-order valence-corrected chi connectivity index (χ0v) is 41.1. The van der Waals surface area contributed by atoms with E-state index < -0.39 is 43.4 Å². The molecule has 0 bridgehead atoms. The molecule has 1 aliphatic rings. The van der Waals surface area contributed by atoms with Crippen LogP contribution in [0.3, 0.4) is 0 Å². The Morgan fingerprint density at radius 1 is 0.492 bits per heavy atom. The maximum Gasteiger partial charge on any atom is 0.306 e. The number of unbranched alkanes of at least 4 members (excludes halogenated alkanes) is 32. The van der Waals surface area contributed by atoms with E-state index in [0.29, 0.717) is 13.0 Å². The van der Waals surface area contributed by atoms with Gasteiger partial charge in [-0.05, 0) is 64.2 Å². The van der Waals surface area contributed by atoms with Crippen molar-refractivity contribution in [3.05, 3.63) is 24.3 Å². The second-order valence-electron chi connectivity index (χ2n) is 18.7. The van der Waals surface area contributed by atoms with Crippen molar-refractivity contribution in [2.24, 2.45) is 0 Å². The van der Waals surface area contributed by atoms with Gasteiger partial charge in [-0.1, -0.05) is 205 Å². The Balaban J connectivity index is 2.18. The molecule has 0 aromatic heterocycles. The lowest BCUT2D eigenvalue weighted by Gasteiger charge is -2.39.